The van der Waals surface area contributed by atoms with Crippen LogP contribution >= 0.6 is 15.9 Å². The third-order valence-corrected chi connectivity index (χ3v) is 3.86. The molecule has 1 aliphatic heterocycles. The van der Waals surface area contributed by atoms with Gasteiger partial charge in [-0.3, -0.25) is 14.9 Å². The van der Waals surface area contributed by atoms with Gasteiger partial charge in [0.25, 0.3) is 0 Å². The lowest BCUT2D eigenvalue weighted by atomic mass is 9.94. The largest absolute Gasteiger partial charge is 0.353 e. The Morgan fingerprint density at radius 3 is 2.55 bits per heavy atom. The molecule has 0 aromatic heterocycles. The summed E-state index contributed by atoms with van der Waals surface area (Å²) in [6.45, 7) is 4.41. The van der Waals surface area contributed by atoms with E-state index in [2.05, 4.69) is 31.9 Å². The van der Waals surface area contributed by atoms with E-state index < -0.39 is 5.54 Å². The summed E-state index contributed by atoms with van der Waals surface area (Å²) in [6, 6.07) is 7.45. The SMILES string of the molecule is CC(C)(NC(=O)C1CNC(=O)CN1)c1ccc(Br)cc1. The fourth-order valence-corrected chi connectivity index (χ4v) is 2.35. The Bertz CT molecular complexity index is 504. The number of hydrogen-bond donors (Lipinski definition) is 3. The van der Waals surface area contributed by atoms with Gasteiger partial charge in [0.15, 0.2) is 0 Å². The molecule has 0 radical (unpaired) electrons. The second-order valence-corrected chi connectivity index (χ2v) is 6.27. The van der Waals surface area contributed by atoms with E-state index in [9.17, 15) is 9.59 Å². The second kappa shape index (κ2) is 5.93. The van der Waals surface area contributed by atoms with Crippen LogP contribution in [0.1, 0.15) is 19.4 Å². The minimum Gasteiger partial charge on any atom is -0.353 e. The fourth-order valence-electron chi connectivity index (χ4n) is 2.09. The van der Waals surface area contributed by atoms with E-state index >= 15 is 0 Å². The number of piperazine rings is 1. The van der Waals surface area contributed by atoms with E-state index in [-0.39, 0.29) is 24.4 Å². The minimum absolute atomic E-state index is 0.0822. The quantitative estimate of drug-likeness (QED) is 0.765. The van der Waals surface area contributed by atoms with E-state index in [1.807, 2.05) is 38.1 Å². The maximum atomic E-state index is 12.2. The molecule has 1 aliphatic rings. The molecule has 2 rings (SSSR count). The topological polar surface area (TPSA) is 70.2 Å². The van der Waals surface area contributed by atoms with E-state index in [0.717, 1.165) is 10.0 Å². The van der Waals surface area contributed by atoms with Crippen molar-refractivity contribution in [3.63, 3.8) is 0 Å². The standard InChI is InChI=1S/C14H18BrN3O2/c1-14(2,9-3-5-10(15)6-4-9)18-13(20)11-7-17-12(19)8-16-11/h3-6,11,16H,7-8H2,1-2H3,(H,17,19)(H,18,20). The van der Waals surface area contributed by atoms with Crippen LogP contribution in [0.25, 0.3) is 0 Å². The number of halogens is 1. The van der Waals surface area contributed by atoms with Gasteiger partial charge in [0.2, 0.25) is 11.8 Å². The Morgan fingerprint density at radius 2 is 2.00 bits per heavy atom. The molecule has 0 spiro atoms. The Hall–Kier alpha value is -1.40. The molecular weight excluding hydrogens is 322 g/mol. The zero-order valence-corrected chi connectivity index (χ0v) is 13.1. The smallest absolute Gasteiger partial charge is 0.239 e. The number of amides is 2. The first-order valence-corrected chi connectivity index (χ1v) is 7.26. The van der Waals surface area contributed by atoms with Crippen molar-refractivity contribution in [3.8, 4) is 0 Å². The van der Waals surface area contributed by atoms with Gasteiger partial charge in [-0.1, -0.05) is 28.1 Å². The van der Waals surface area contributed by atoms with Gasteiger partial charge in [-0.25, -0.2) is 0 Å². The van der Waals surface area contributed by atoms with Gasteiger partial charge in [0.1, 0.15) is 6.04 Å². The molecule has 108 valence electrons. The van der Waals surface area contributed by atoms with Crippen LogP contribution in [-0.4, -0.2) is 30.9 Å². The lowest BCUT2D eigenvalue weighted by molar-refractivity contribution is -0.127. The van der Waals surface area contributed by atoms with Crippen LogP contribution in [0.3, 0.4) is 0 Å². The molecule has 1 atom stereocenters. The van der Waals surface area contributed by atoms with Crippen LogP contribution in [-0.2, 0) is 15.1 Å². The maximum absolute atomic E-state index is 12.2. The average molecular weight is 340 g/mol. The number of hydrogen-bond acceptors (Lipinski definition) is 3. The molecule has 5 nitrogen and oxygen atoms in total. The highest BCUT2D eigenvalue weighted by Gasteiger charge is 2.29. The minimum atomic E-state index is -0.471. The van der Waals surface area contributed by atoms with Gasteiger partial charge in [0.05, 0.1) is 12.1 Å². The fraction of sp³-hybridized carbons (Fsp3) is 0.429. The molecular formula is C14H18BrN3O2. The summed E-state index contributed by atoms with van der Waals surface area (Å²) in [5.74, 6) is -0.195. The molecule has 6 heteroatoms. The van der Waals surface area contributed by atoms with Crippen LogP contribution in [0.5, 0.6) is 0 Å². The summed E-state index contributed by atoms with van der Waals surface area (Å²) < 4.78 is 1.00. The molecule has 20 heavy (non-hydrogen) atoms. The summed E-state index contributed by atoms with van der Waals surface area (Å²) in [5.41, 5.74) is 0.551. The summed E-state index contributed by atoms with van der Waals surface area (Å²) in [6.07, 6.45) is 0. The van der Waals surface area contributed by atoms with Gasteiger partial charge >= 0.3 is 0 Å². The van der Waals surface area contributed by atoms with Crippen LogP contribution in [0.2, 0.25) is 0 Å². The number of nitrogens with one attached hydrogen (secondary N) is 3. The van der Waals surface area contributed by atoms with Crippen LogP contribution in [0, 0.1) is 0 Å². The molecule has 0 saturated carbocycles. The van der Waals surface area contributed by atoms with Gasteiger partial charge in [-0.05, 0) is 31.5 Å². The average Bonchev–Trinajstić information content (AvgIpc) is 2.39. The molecule has 1 heterocycles. The highest BCUT2D eigenvalue weighted by atomic mass is 79.9. The van der Waals surface area contributed by atoms with E-state index in [4.69, 9.17) is 0 Å². The normalized spacial score (nSPS) is 19.4. The highest BCUT2D eigenvalue weighted by molar-refractivity contribution is 9.10. The Morgan fingerprint density at radius 1 is 1.35 bits per heavy atom. The lowest BCUT2D eigenvalue weighted by Crippen LogP contribution is -2.60. The van der Waals surface area contributed by atoms with Crippen LogP contribution in [0.4, 0.5) is 0 Å². The molecule has 1 aromatic rings. The van der Waals surface area contributed by atoms with Gasteiger partial charge in [-0.15, -0.1) is 0 Å². The molecule has 1 fully saturated rings. The molecule has 0 aliphatic carbocycles. The Kier molecular flexibility index (Phi) is 4.45. The van der Waals surface area contributed by atoms with Crippen molar-refractivity contribution in [1.29, 1.82) is 0 Å². The zero-order valence-electron chi connectivity index (χ0n) is 11.5. The molecule has 2 amide bonds. The summed E-state index contributed by atoms with van der Waals surface area (Å²) >= 11 is 3.39. The van der Waals surface area contributed by atoms with Gasteiger partial charge < -0.3 is 10.6 Å². The van der Waals surface area contributed by atoms with Crippen molar-refractivity contribution in [2.45, 2.75) is 25.4 Å². The lowest BCUT2D eigenvalue weighted by Gasteiger charge is -2.31. The predicted molar refractivity (Wildman–Crippen MR) is 80.1 cm³/mol. The van der Waals surface area contributed by atoms with Crippen molar-refractivity contribution in [1.82, 2.24) is 16.0 Å². The third kappa shape index (κ3) is 3.58. The number of benzene rings is 1. The van der Waals surface area contributed by atoms with E-state index in [0.29, 0.717) is 6.54 Å². The van der Waals surface area contributed by atoms with Crippen molar-refractivity contribution >= 4 is 27.7 Å². The first kappa shape index (κ1) is 15.0. The summed E-state index contributed by atoms with van der Waals surface area (Å²) in [4.78, 5) is 23.3. The van der Waals surface area contributed by atoms with E-state index in [1.165, 1.54) is 0 Å². The Balaban J connectivity index is 2.02. The van der Waals surface area contributed by atoms with Crippen molar-refractivity contribution < 1.29 is 9.59 Å². The predicted octanol–water partition coefficient (Wildman–Crippen LogP) is 0.888. The first-order valence-electron chi connectivity index (χ1n) is 6.46. The molecule has 1 aromatic carbocycles. The first-order chi connectivity index (χ1) is 9.38. The number of rotatable bonds is 3. The zero-order chi connectivity index (χ0) is 14.8. The molecule has 1 saturated heterocycles. The summed E-state index contributed by atoms with van der Waals surface area (Å²) in [5, 5.41) is 8.61. The second-order valence-electron chi connectivity index (χ2n) is 5.36. The van der Waals surface area contributed by atoms with E-state index in [1.54, 1.807) is 0 Å². The van der Waals surface area contributed by atoms with Crippen LogP contribution in [0.15, 0.2) is 28.7 Å². The van der Waals surface area contributed by atoms with Gasteiger partial charge in [-0.2, -0.15) is 0 Å². The van der Waals surface area contributed by atoms with Gasteiger partial charge in [0, 0.05) is 11.0 Å². The summed E-state index contributed by atoms with van der Waals surface area (Å²) in [7, 11) is 0. The van der Waals surface area contributed by atoms with Crippen LogP contribution < -0.4 is 16.0 Å². The third-order valence-electron chi connectivity index (χ3n) is 3.33. The highest BCUT2D eigenvalue weighted by Crippen LogP contribution is 2.22. The Labute approximate surface area is 126 Å². The molecule has 3 N–H and O–H groups in total. The maximum Gasteiger partial charge on any atom is 0.239 e. The molecule has 1 unspecified atom stereocenters. The monoisotopic (exact) mass is 339 g/mol. The number of carbonyl (C=O) groups is 2. The number of carbonyl (C=O) groups excluding carboxylic acids is 2. The van der Waals surface area contributed by atoms with Crippen molar-refractivity contribution in [3.05, 3.63) is 34.3 Å². The van der Waals surface area contributed by atoms with Crippen molar-refractivity contribution in [2.24, 2.45) is 0 Å². The molecule has 0 bridgehead atoms. The van der Waals surface area contributed by atoms with Crippen molar-refractivity contribution in [2.75, 3.05) is 13.1 Å².